The fourth-order valence-electron chi connectivity index (χ4n) is 2.88. The molecule has 0 rings (SSSR count). The van der Waals surface area contributed by atoms with E-state index in [-0.39, 0.29) is 0 Å². The van der Waals surface area contributed by atoms with Crippen LogP contribution in [0.25, 0.3) is 0 Å². The number of hydrogen-bond donors (Lipinski definition) is 0. The van der Waals surface area contributed by atoms with Crippen LogP contribution >= 0.6 is 0 Å². The lowest BCUT2D eigenvalue weighted by Crippen LogP contribution is -1.97. The van der Waals surface area contributed by atoms with Crippen molar-refractivity contribution in [2.45, 2.75) is 111 Å². The van der Waals surface area contributed by atoms with Crippen LogP contribution in [0.1, 0.15) is 111 Å². The van der Waals surface area contributed by atoms with Crippen LogP contribution in [0.4, 0.5) is 0 Å². The summed E-state index contributed by atoms with van der Waals surface area (Å²) in [6.45, 7) is 6.97. The lowest BCUT2D eigenvalue weighted by Gasteiger charge is -2.12. The lowest BCUT2D eigenvalue weighted by atomic mass is 9.94. The SMILES string of the molecule is CCCCCCCCCCCCC(CC)CCC. The van der Waals surface area contributed by atoms with Gasteiger partial charge in [-0.2, -0.15) is 0 Å². The molecule has 0 radical (unpaired) electrons. The van der Waals surface area contributed by atoms with Crippen molar-refractivity contribution < 1.29 is 0 Å². The van der Waals surface area contributed by atoms with Crippen LogP contribution in [0.5, 0.6) is 0 Å². The summed E-state index contributed by atoms with van der Waals surface area (Å²) in [6, 6.07) is 0. The van der Waals surface area contributed by atoms with Gasteiger partial charge in [0.05, 0.1) is 0 Å². The van der Waals surface area contributed by atoms with Crippen LogP contribution in [0.3, 0.4) is 0 Å². The Morgan fingerprint density at radius 1 is 0.500 bits per heavy atom. The van der Waals surface area contributed by atoms with Gasteiger partial charge in [0, 0.05) is 0 Å². The second-order valence-corrected chi connectivity index (χ2v) is 6.03. The minimum absolute atomic E-state index is 1.02. The summed E-state index contributed by atoms with van der Waals surface area (Å²) in [5, 5.41) is 0. The quantitative estimate of drug-likeness (QED) is 0.289. The highest BCUT2D eigenvalue weighted by molar-refractivity contribution is 4.57. The highest BCUT2D eigenvalue weighted by Gasteiger charge is 2.03. The normalized spacial score (nSPS) is 12.8. The molecule has 0 heteroatoms. The molecule has 0 amide bonds. The first kappa shape index (κ1) is 18.0. The minimum atomic E-state index is 1.02. The van der Waals surface area contributed by atoms with Crippen molar-refractivity contribution in [2.75, 3.05) is 0 Å². The molecule has 0 N–H and O–H groups in total. The molecule has 0 aromatic heterocycles. The van der Waals surface area contributed by atoms with E-state index >= 15 is 0 Å². The molecule has 0 aliphatic heterocycles. The van der Waals surface area contributed by atoms with Gasteiger partial charge in [0.25, 0.3) is 0 Å². The van der Waals surface area contributed by atoms with Gasteiger partial charge in [0.15, 0.2) is 0 Å². The molecule has 110 valence electrons. The first-order chi connectivity index (χ1) is 8.85. The Kier molecular flexibility index (Phi) is 15.1. The van der Waals surface area contributed by atoms with Crippen LogP contribution in [-0.2, 0) is 0 Å². The highest BCUT2D eigenvalue weighted by Crippen LogP contribution is 2.19. The number of hydrogen-bond acceptors (Lipinski definition) is 0. The molecule has 0 spiro atoms. The van der Waals surface area contributed by atoms with Crippen molar-refractivity contribution in [3.05, 3.63) is 0 Å². The van der Waals surface area contributed by atoms with Gasteiger partial charge >= 0.3 is 0 Å². The van der Waals surface area contributed by atoms with Crippen molar-refractivity contribution in [3.63, 3.8) is 0 Å². The Hall–Kier alpha value is 0. The first-order valence-electron chi connectivity index (χ1n) is 8.85. The molecule has 0 aromatic rings. The van der Waals surface area contributed by atoms with E-state index in [9.17, 15) is 0 Å². The average molecular weight is 255 g/mol. The van der Waals surface area contributed by atoms with Crippen molar-refractivity contribution >= 4 is 0 Å². The van der Waals surface area contributed by atoms with E-state index in [0.717, 1.165) is 5.92 Å². The van der Waals surface area contributed by atoms with Gasteiger partial charge in [0.1, 0.15) is 0 Å². The standard InChI is InChI=1S/C18H38/c1-4-7-8-9-10-11-12-13-14-15-17-18(6-3)16-5-2/h18H,4-17H2,1-3H3. The monoisotopic (exact) mass is 254 g/mol. The molecule has 18 heavy (non-hydrogen) atoms. The molecule has 0 fully saturated rings. The van der Waals surface area contributed by atoms with Crippen molar-refractivity contribution in [3.8, 4) is 0 Å². The van der Waals surface area contributed by atoms with E-state index in [2.05, 4.69) is 20.8 Å². The van der Waals surface area contributed by atoms with Crippen LogP contribution < -0.4 is 0 Å². The molecule has 0 aliphatic carbocycles. The topological polar surface area (TPSA) is 0 Å². The maximum absolute atomic E-state index is 2.36. The third-order valence-electron chi connectivity index (χ3n) is 4.24. The van der Waals surface area contributed by atoms with Crippen LogP contribution in [0.15, 0.2) is 0 Å². The Bertz CT molecular complexity index is 139. The highest BCUT2D eigenvalue weighted by atomic mass is 14.1. The molecule has 1 atom stereocenters. The van der Waals surface area contributed by atoms with E-state index in [1.54, 1.807) is 0 Å². The predicted octanol–water partition coefficient (Wildman–Crippen LogP) is 7.12. The Labute approximate surface area is 117 Å². The van der Waals surface area contributed by atoms with Crippen LogP contribution in [0, 0.1) is 5.92 Å². The summed E-state index contributed by atoms with van der Waals surface area (Å²) >= 11 is 0. The fraction of sp³-hybridized carbons (Fsp3) is 1.00. The van der Waals surface area contributed by atoms with Gasteiger partial charge in [-0.1, -0.05) is 111 Å². The maximum atomic E-state index is 2.36. The lowest BCUT2D eigenvalue weighted by molar-refractivity contribution is 0.407. The van der Waals surface area contributed by atoms with E-state index in [4.69, 9.17) is 0 Å². The Morgan fingerprint density at radius 3 is 1.44 bits per heavy atom. The van der Waals surface area contributed by atoms with Crippen molar-refractivity contribution in [2.24, 2.45) is 5.92 Å². The van der Waals surface area contributed by atoms with E-state index in [1.807, 2.05) is 0 Å². The van der Waals surface area contributed by atoms with Gasteiger partial charge in [-0.25, -0.2) is 0 Å². The van der Waals surface area contributed by atoms with Gasteiger partial charge in [-0.3, -0.25) is 0 Å². The molecule has 0 bridgehead atoms. The Morgan fingerprint density at radius 2 is 1.00 bits per heavy atom. The van der Waals surface area contributed by atoms with E-state index in [1.165, 1.54) is 89.9 Å². The zero-order valence-electron chi connectivity index (χ0n) is 13.5. The molecule has 0 aromatic carbocycles. The summed E-state index contributed by atoms with van der Waals surface area (Å²) in [7, 11) is 0. The zero-order chi connectivity index (χ0) is 13.5. The fourth-order valence-corrected chi connectivity index (χ4v) is 2.88. The smallest absolute Gasteiger partial charge is 0.0417 e. The molecule has 1 unspecified atom stereocenters. The molecule has 0 saturated carbocycles. The summed E-state index contributed by atoms with van der Waals surface area (Å²) < 4.78 is 0. The third kappa shape index (κ3) is 12.5. The molecular formula is C18H38. The minimum Gasteiger partial charge on any atom is -0.0654 e. The van der Waals surface area contributed by atoms with Crippen LogP contribution in [0.2, 0.25) is 0 Å². The van der Waals surface area contributed by atoms with Crippen molar-refractivity contribution in [1.82, 2.24) is 0 Å². The predicted molar refractivity (Wildman–Crippen MR) is 85.2 cm³/mol. The van der Waals surface area contributed by atoms with Gasteiger partial charge < -0.3 is 0 Å². The van der Waals surface area contributed by atoms with Gasteiger partial charge in [-0.05, 0) is 5.92 Å². The van der Waals surface area contributed by atoms with Crippen molar-refractivity contribution in [1.29, 1.82) is 0 Å². The molecular weight excluding hydrogens is 216 g/mol. The summed E-state index contributed by atoms with van der Waals surface area (Å²) in [5.74, 6) is 1.02. The van der Waals surface area contributed by atoms with Crippen LogP contribution in [-0.4, -0.2) is 0 Å². The Balaban J connectivity index is 3.10. The summed E-state index contributed by atoms with van der Waals surface area (Å²) in [4.78, 5) is 0. The molecule has 0 nitrogen and oxygen atoms in total. The second-order valence-electron chi connectivity index (χ2n) is 6.03. The maximum Gasteiger partial charge on any atom is -0.0417 e. The molecule has 0 saturated heterocycles. The summed E-state index contributed by atoms with van der Waals surface area (Å²) in [6.07, 6.45) is 20.3. The molecule has 0 aliphatic rings. The molecule has 0 heterocycles. The average Bonchev–Trinajstić information content (AvgIpc) is 2.39. The third-order valence-corrected chi connectivity index (χ3v) is 4.24. The van der Waals surface area contributed by atoms with Gasteiger partial charge in [0.2, 0.25) is 0 Å². The number of rotatable bonds is 14. The second kappa shape index (κ2) is 15.1. The first-order valence-corrected chi connectivity index (χ1v) is 8.85. The zero-order valence-corrected chi connectivity index (χ0v) is 13.5. The number of unbranched alkanes of at least 4 members (excludes halogenated alkanes) is 9. The van der Waals surface area contributed by atoms with Gasteiger partial charge in [-0.15, -0.1) is 0 Å². The largest absolute Gasteiger partial charge is 0.0654 e. The summed E-state index contributed by atoms with van der Waals surface area (Å²) in [5.41, 5.74) is 0. The van der Waals surface area contributed by atoms with E-state index < -0.39 is 0 Å². The van der Waals surface area contributed by atoms with E-state index in [0.29, 0.717) is 0 Å².